The number of carbonyl (C=O) groups is 2. The maximum atomic E-state index is 11.8. The van der Waals surface area contributed by atoms with Gasteiger partial charge in [0.2, 0.25) is 5.91 Å². The average Bonchev–Trinajstić information content (AvgIpc) is 2.14. The van der Waals surface area contributed by atoms with Gasteiger partial charge in [-0.05, 0) is 27.2 Å². The van der Waals surface area contributed by atoms with Crippen LogP contribution in [0.2, 0.25) is 0 Å². The van der Waals surface area contributed by atoms with E-state index in [-0.39, 0.29) is 12.6 Å². The SMILES string of the molecule is CC(C)(C)OC(=O)N1CC[C@@H](N)[C@@H](C(N)=O)C1. The zero-order valence-corrected chi connectivity index (χ0v) is 10.6. The molecule has 6 heteroatoms. The summed E-state index contributed by atoms with van der Waals surface area (Å²) in [6.07, 6.45) is 0.142. The molecule has 0 spiro atoms. The van der Waals surface area contributed by atoms with Crippen molar-refractivity contribution < 1.29 is 14.3 Å². The van der Waals surface area contributed by atoms with E-state index in [1.807, 2.05) is 0 Å². The van der Waals surface area contributed by atoms with Gasteiger partial charge in [0.05, 0.1) is 5.92 Å². The van der Waals surface area contributed by atoms with E-state index in [0.717, 1.165) is 0 Å². The lowest BCUT2D eigenvalue weighted by Gasteiger charge is -2.36. The first kappa shape index (κ1) is 13.8. The Morgan fingerprint density at radius 3 is 2.41 bits per heavy atom. The van der Waals surface area contributed by atoms with Gasteiger partial charge in [-0.15, -0.1) is 0 Å². The van der Waals surface area contributed by atoms with Gasteiger partial charge in [-0.2, -0.15) is 0 Å². The molecule has 1 aliphatic heterocycles. The number of nitrogens with two attached hydrogens (primary N) is 2. The van der Waals surface area contributed by atoms with Crippen molar-refractivity contribution in [2.45, 2.75) is 38.8 Å². The molecule has 0 aliphatic carbocycles. The molecule has 0 radical (unpaired) electrons. The highest BCUT2D eigenvalue weighted by Crippen LogP contribution is 2.18. The van der Waals surface area contributed by atoms with Crippen LogP contribution >= 0.6 is 0 Å². The molecule has 0 saturated carbocycles. The molecule has 1 fully saturated rings. The third-order valence-electron chi connectivity index (χ3n) is 2.68. The molecule has 1 rings (SSSR count). The first-order valence-corrected chi connectivity index (χ1v) is 5.73. The second kappa shape index (κ2) is 4.91. The van der Waals surface area contributed by atoms with Crippen molar-refractivity contribution in [1.82, 2.24) is 4.90 Å². The van der Waals surface area contributed by atoms with Crippen LogP contribution in [0.3, 0.4) is 0 Å². The van der Waals surface area contributed by atoms with E-state index in [0.29, 0.717) is 13.0 Å². The Balaban J connectivity index is 2.62. The Morgan fingerprint density at radius 2 is 1.94 bits per heavy atom. The number of ether oxygens (including phenoxy) is 1. The molecule has 17 heavy (non-hydrogen) atoms. The third kappa shape index (κ3) is 3.89. The number of carbonyl (C=O) groups excluding carboxylic acids is 2. The first-order valence-electron chi connectivity index (χ1n) is 5.73. The summed E-state index contributed by atoms with van der Waals surface area (Å²) < 4.78 is 5.23. The number of likely N-dealkylation sites (tertiary alicyclic amines) is 1. The Kier molecular flexibility index (Phi) is 3.98. The van der Waals surface area contributed by atoms with Crippen LogP contribution in [0.5, 0.6) is 0 Å². The Labute approximate surface area is 101 Å². The van der Waals surface area contributed by atoms with Gasteiger partial charge in [-0.1, -0.05) is 0 Å². The van der Waals surface area contributed by atoms with E-state index in [1.165, 1.54) is 4.90 Å². The van der Waals surface area contributed by atoms with Crippen molar-refractivity contribution in [2.75, 3.05) is 13.1 Å². The molecule has 4 N–H and O–H groups in total. The van der Waals surface area contributed by atoms with Gasteiger partial charge in [-0.25, -0.2) is 4.79 Å². The van der Waals surface area contributed by atoms with Gasteiger partial charge in [0, 0.05) is 19.1 Å². The molecule has 1 heterocycles. The lowest BCUT2D eigenvalue weighted by molar-refractivity contribution is -0.123. The van der Waals surface area contributed by atoms with Crippen molar-refractivity contribution in [3.05, 3.63) is 0 Å². The standard InChI is InChI=1S/C11H21N3O3/c1-11(2,3)17-10(16)14-5-4-8(12)7(6-14)9(13)15/h7-8H,4-6,12H2,1-3H3,(H2,13,15)/t7-,8+/m0/s1. The van der Waals surface area contributed by atoms with Crippen LogP contribution in [0.1, 0.15) is 27.2 Å². The van der Waals surface area contributed by atoms with Gasteiger partial charge in [0.25, 0.3) is 0 Å². The molecule has 1 saturated heterocycles. The molecular formula is C11H21N3O3. The Bertz CT molecular complexity index is 312. The fraction of sp³-hybridized carbons (Fsp3) is 0.818. The maximum absolute atomic E-state index is 11.8. The van der Waals surface area contributed by atoms with Gasteiger partial charge in [0.1, 0.15) is 5.60 Å². The highest BCUT2D eigenvalue weighted by molar-refractivity contribution is 5.79. The number of nitrogens with zero attached hydrogens (tertiary/aromatic N) is 1. The van der Waals surface area contributed by atoms with E-state index in [4.69, 9.17) is 16.2 Å². The summed E-state index contributed by atoms with van der Waals surface area (Å²) in [6, 6.07) is -0.272. The van der Waals surface area contributed by atoms with E-state index in [9.17, 15) is 9.59 Å². The summed E-state index contributed by atoms with van der Waals surface area (Å²) in [6.45, 7) is 6.13. The van der Waals surface area contributed by atoms with Crippen LogP contribution in [0, 0.1) is 5.92 Å². The predicted molar refractivity (Wildman–Crippen MR) is 63.1 cm³/mol. The van der Waals surface area contributed by atoms with Crippen LogP contribution in [0.25, 0.3) is 0 Å². The lowest BCUT2D eigenvalue weighted by Crippen LogP contribution is -2.54. The molecule has 0 bridgehead atoms. The minimum atomic E-state index is -0.543. The summed E-state index contributed by atoms with van der Waals surface area (Å²) in [4.78, 5) is 24.5. The van der Waals surface area contributed by atoms with E-state index >= 15 is 0 Å². The molecule has 0 aromatic rings. The van der Waals surface area contributed by atoms with Crippen molar-refractivity contribution in [2.24, 2.45) is 17.4 Å². The van der Waals surface area contributed by atoms with Crippen molar-refractivity contribution in [3.63, 3.8) is 0 Å². The fourth-order valence-electron chi connectivity index (χ4n) is 1.76. The summed E-state index contributed by atoms with van der Waals surface area (Å²) in [5.41, 5.74) is 10.5. The highest BCUT2D eigenvalue weighted by atomic mass is 16.6. The van der Waals surface area contributed by atoms with Crippen molar-refractivity contribution >= 4 is 12.0 Å². The number of rotatable bonds is 1. The minimum Gasteiger partial charge on any atom is -0.444 e. The van der Waals surface area contributed by atoms with Crippen LogP contribution in [0.4, 0.5) is 4.79 Å². The normalized spacial score (nSPS) is 25.5. The van der Waals surface area contributed by atoms with Crippen LogP contribution < -0.4 is 11.5 Å². The molecule has 98 valence electrons. The van der Waals surface area contributed by atoms with E-state index in [2.05, 4.69) is 0 Å². The molecule has 6 nitrogen and oxygen atoms in total. The molecule has 2 atom stereocenters. The quantitative estimate of drug-likeness (QED) is 0.680. The zero-order valence-electron chi connectivity index (χ0n) is 10.6. The fourth-order valence-corrected chi connectivity index (χ4v) is 1.76. The average molecular weight is 243 g/mol. The van der Waals surface area contributed by atoms with Gasteiger partial charge in [-0.3, -0.25) is 4.79 Å². The summed E-state index contributed by atoms with van der Waals surface area (Å²) in [5.74, 6) is -0.956. The van der Waals surface area contributed by atoms with Crippen molar-refractivity contribution in [3.8, 4) is 0 Å². The molecule has 0 aromatic carbocycles. The monoisotopic (exact) mass is 243 g/mol. The van der Waals surface area contributed by atoms with Crippen LogP contribution in [-0.4, -0.2) is 41.6 Å². The topological polar surface area (TPSA) is 98.7 Å². The summed E-state index contributed by atoms with van der Waals surface area (Å²) in [5, 5.41) is 0. The van der Waals surface area contributed by atoms with Gasteiger partial charge >= 0.3 is 6.09 Å². The second-order valence-electron chi connectivity index (χ2n) is 5.39. The number of primary amides is 1. The van der Waals surface area contributed by atoms with E-state index < -0.39 is 23.5 Å². The van der Waals surface area contributed by atoms with Crippen molar-refractivity contribution in [1.29, 1.82) is 0 Å². The smallest absolute Gasteiger partial charge is 0.410 e. The van der Waals surface area contributed by atoms with Gasteiger partial charge in [0.15, 0.2) is 0 Å². The summed E-state index contributed by atoms with van der Waals surface area (Å²) in [7, 11) is 0. The predicted octanol–water partition coefficient (Wildman–Crippen LogP) is 0.0560. The number of hydrogen-bond donors (Lipinski definition) is 2. The van der Waals surface area contributed by atoms with E-state index in [1.54, 1.807) is 20.8 Å². The largest absolute Gasteiger partial charge is 0.444 e. The Hall–Kier alpha value is -1.30. The zero-order chi connectivity index (χ0) is 13.2. The molecule has 1 aliphatic rings. The molecule has 0 unspecified atom stereocenters. The minimum absolute atomic E-state index is 0.241. The van der Waals surface area contributed by atoms with Gasteiger partial charge < -0.3 is 21.1 Å². The third-order valence-corrected chi connectivity index (χ3v) is 2.68. The second-order valence-corrected chi connectivity index (χ2v) is 5.39. The highest BCUT2D eigenvalue weighted by Gasteiger charge is 2.34. The lowest BCUT2D eigenvalue weighted by atomic mass is 9.92. The first-order chi connectivity index (χ1) is 7.70. The van der Waals surface area contributed by atoms with Crippen LogP contribution in [-0.2, 0) is 9.53 Å². The number of amides is 2. The molecule has 2 amide bonds. The number of hydrogen-bond acceptors (Lipinski definition) is 4. The number of piperidine rings is 1. The summed E-state index contributed by atoms with van der Waals surface area (Å²) >= 11 is 0. The maximum Gasteiger partial charge on any atom is 0.410 e. The Morgan fingerprint density at radius 1 is 1.35 bits per heavy atom. The van der Waals surface area contributed by atoms with Crippen LogP contribution in [0.15, 0.2) is 0 Å². The molecular weight excluding hydrogens is 222 g/mol. The molecule has 0 aromatic heterocycles.